The zero-order valence-corrected chi connectivity index (χ0v) is 8.55. The lowest BCUT2D eigenvalue weighted by Gasteiger charge is -2.23. The first kappa shape index (κ1) is 8.89. The Bertz CT molecular complexity index is 239. The van der Waals surface area contributed by atoms with E-state index in [0.717, 1.165) is 0 Å². The Kier molecular flexibility index (Phi) is 1.94. The van der Waals surface area contributed by atoms with Crippen molar-refractivity contribution in [2.24, 2.45) is 23.7 Å². The maximum atomic E-state index is 5.72. The summed E-state index contributed by atoms with van der Waals surface area (Å²) < 4.78 is 16.5. The largest absolute Gasteiger partial charge is 0.355 e. The Morgan fingerprint density at radius 1 is 1.00 bits per heavy atom. The highest BCUT2D eigenvalue weighted by Gasteiger charge is 2.57. The van der Waals surface area contributed by atoms with Gasteiger partial charge in [-0.25, -0.2) is 0 Å². The molecule has 3 nitrogen and oxygen atoms in total. The fraction of sp³-hybridized carbons (Fsp3) is 0.818. The molecular formula is C11H16O3. The van der Waals surface area contributed by atoms with Crippen molar-refractivity contribution in [2.45, 2.75) is 19.0 Å². The van der Waals surface area contributed by atoms with Crippen LogP contribution in [0.15, 0.2) is 12.2 Å². The molecule has 6 atom stereocenters. The maximum Gasteiger partial charge on any atom is 0.164 e. The van der Waals surface area contributed by atoms with Crippen molar-refractivity contribution in [3.05, 3.63) is 12.2 Å². The number of allylic oxidation sites excluding steroid dienone is 2. The summed E-state index contributed by atoms with van der Waals surface area (Å²) in [7, 11) is 3.44. The summed E-state index contributed by atoms with van der Waals surface area (Å²) in [4.78, 5) is 0. The second kappa shape index (κ2) is 3.05. The number of hydrogen-bond acceptors (Lipinski definition) is 3. The summed E-state index contributed by atoms with van der Waals surface area (Å²) in [5, 5.41) is 0. The first-order valence-electron chi connectivity index (χ1n) is 5.24. The van der Waals surface area contributed by atoms with Gasteiger partial charge in [0.2, 0.25) is 0 Å². The average molecular weight is 196 g/mol. The number of rotatable bonds is 2. The Hall–Kier alpha value is -0.380. The van der Waals surface area contributed by atoms with Crippen molar-refractivity contribution in [1.29, 1.82) is 0 Å². The lowest BCUT2D eigenvalue weighted by molar-refractivity contribution is -0.202. The van der Waals surface area contributed by atoms with E-state index in [1.165, 1.54) is 6.42 Å². The number of hydrogen-bond donors (Lipinski definition) is 0. The lowest BCUT2D eigenvalue weighted by atomic mass is 9.84. The van der Waals surface area contributed by atoms with Gasteiger partial charge in [0.15, 0.2) is 12.6 Å². The summed E-state index contributed by atoms with van der Waals surface area (Å²) in [5.41, 5.74) is 0. The molecule has 1 saturated heterocycles. The molecule has 1 aliphatic heterocycles. The molecule has 0 radical (unpaired) electrons. The van der Waals surface area contributed by atoms with Gasteiger partial charge in [-0.1, -0.05) is 12.2 Å². The normalized spacial score (nSPS) is 54.1. The van der Waals surface area contributed by atoms with Gasteiger partial charge in [-0.15, -0.1) is 0 Å². The van der Waals surface area contributed by atoms with Crippen molar-refractivity contribution in [2.75, 3.05) is 14.2 Å². The quantitative estimate of drug-likeness (QED) is 0.625. The zero-order valence-electron chi connectivity index (χ0n) is 8.55. The van der Waals surface area contributed by atoms with Gasteiger partial charge in [0.05, 0.1) is 0 Å². The Labute approximate surface area is 84.0 Å². The summed E-state index contributed by atoms with van der Waals surface area (Å²) in [6.07, 6.45) is 5.77. The Morgan fingerprint density at radius 2 is 1.50 bits per heavy atom. The van der Waals surface area contributed by atoms with Gasteiger partial charge in [-0.3, -0.25) is 0 Å². The predicted octanol–water partition coefficient (Wildman–Crippen LogP) is 1.40. The summed E-state index contributed by atoms with van der Waals surface area (Å²) in [6.45, 7) is 0. The van der Waals surface area contributed by atoms with Gasteiger partial charge in [-0.2, -0.15) is 0 Å². The highest BCUT2D eigenvalue weighted by Crippen LogP contribution is 2.55. The van der Waals surface area contributed by atoms with E-state index < -0.39 is 0 Å². The van der Waals surface area contributed by atoms with Crippen molar-refractivity contribution in [3.63, 3.8) is 0 Å². The molecule has 0 spiro atoms. The highest BCUT2D eigenvalue weighted by atomic mass is 16.8. The van der Waals surface area contributed by atoms with Crippen molar-refractivity contribution < 1.29 is 14.2 Å². The van der Waals surface area contributed by atoms with Crippen LogP contribution in [-0.2, 0) is 14.2 Å². The smallest absolute Gasteiger partial charge is 0.164 e. The van der Waals surface area contributed by atoms with Crippen LogP contribution in [0.3, 0.4) is 0 Å². The van der Waals surface area contributed by atoms with E-state index in [2.05, 4.69) is 12.2 Å². The van der Waals surface area contributed by atoms with Crippen LogP contribution < -0.4 is 0 Å². The molecule has 1 saturated carbocycles. The van der Waals surface area contributed by atoms with Crippen molar-refractivity contribution >= 4 is 0 Å². The monoisotopic (exact) mass is 196 g/mol. The fourth-order valence-corrected chi connectivity index (χ4v) is 3.40. The molecule has 2 bridgehead atoms. The molecule has 3 heteroatoms. The van der Waals surface area contributed by atoms with E-state index in [9.17, 15) is 0 Å². The van der Waals surface area contributed by atoms with E-state index in [-0.39, 0.29) is 12.6 Å². The fourth-order valence-electron chi connectivity index (χ4n) is 3.40. The van der Waals surface area contributed by atoms with E-state index in [1.807, 2.05) is 0 Å². The Balaban J connectivity index is 1.89. The molecule has 4 unspecified atom stereocenters. The van der Waals surface area contributed by atoms with E-state index in [0.29, 0.717) is 23.7 Å². The predicted molar refractivity (Wildman–Crippen MR) is 50.4 cm³/mol. The van der Waals surface area contributed by atoms with Gasteiger partial charge in [0.1, 0.15) is 0 Å². The number of methoxy groups -OCH3 is 2. The third kappa shape index (κ3) is 0.977. The van der Waals surface area contributed by atoms with Gasteiger partial charge in [0, 0.05) is 26.1 Å². The van der Waals surface area contributed by atoms with Crippen LogP contribution in [-0.4, -0.2) is 26.8 Å². The minimum atomic E-state index is -0.0649. The molecule has 2 fully saturated rings. The molecule has 0 aromatic heterocycles. The van der Waals surface area contributed by atoms with Gasteiger partial charge in [-0.05, 0) is 18.3 Å². The third-order valence-corrected chi connectivity index (χ3v) is 3.94. The topological polar surface area (TPSA) is 27.7 Å². The van der Waals surface area contributed by atoms with Crippen LogP contribution in [0.2, 0.25) is 0 Å². The summed E-state index contributed by atoms with van der Waals surface area (Å²) in [5.74, 6) is 2.32. The highest BCUT2D eigenvalue weighted by molar-refractivity contribution is 5.16. The molecule has 0 N–H and O–H groups in total. The average Bonchev–Trinajstić information content (AvgIpc) is 2.88. The van der Waals surface area contributed by atoms with Crippen molar-refractivity contribution in [3.8, 4) is 0 Å². The number of fused-ring (bicyclic) bond motifs is 5. The summed E-state index contributed by atoms with van der Waals surface area (Å²) >= 11 is 0. The standard InChI is InChI=1S/C11H16O3/c1-12-10-8-6-3-4-7(5-6)9(8)11(13-2)14-10/h3-4,6-11H,5H2,1-2H3/t6-,7+,8?,9?,10?,11?. The first-order chi connectivity index (χ1) is 6.85. The lowest BCUT2D eigenvalue weighted by Crippen LogP contribution is -2.27. The summed E-state index contributed by atoms with van der Waals surface area (Å²) in [6, 6.07) is 0. The second-order valence-electron chi connectivity index (χ2n) is 4.45. The SMILES string of the molecule is COC1OC(OC)C2C1[C@@H]1C=C[C@H]2C1. The molecular weight excluding hydrogens is 180 g/mol. The van der Waals surface area contributed by atoms with E-state index >= 15 is 0 Å². The number of ether oxygens (including phenoxy) is 3. The van der Waals surface area contributed by atoms with Crippen LogP contribution in [0.5, 0.6) is 0 Å². The minimum absolute atomic E-state index is 0.0649. The molecule has 0 amide bonds. The molecule has 2 aliphatic carbocycles. The molecule has 3 rings (SSSR count). The van der Waals surface area contributed by atoms with Crippen LogP contribution >= 0.6 is 0 Å². The van der Waals surface area contributed by atoms with Crippen LogP contribution in [0, 0.1) is 23.7 Å². The van der Waals surface area contributed by atoms with E-state index in [1.54, 1.807) is 14.2 Å². The van der Waals surface area contributed by atoms with E-state index in [4.69, 9.17) is 14.2 Å². The molecule has 14 heavy (non-hydrogen) atoms. The second-order valence-corrected chi connectivity index (χ2v) is 4.45. The van der Waals surface area contributed by atoms with Gasteiger partial charge >= 0.3 is 0 Å². The molecule has 1 heterocycles. The Morgan fingerprint density at radius 3 is 1.93 bits per heavy atom. The molecule has 0 aromatic carbocycles. The maximum absolute atomic E-state index is 5.72. The van der Waals surface area contributed by atoms with Crippen LogP contribution in [0.1, 0.15) is 6.42 Å². The van der Waals surface area contributed by atoms with Crippen LogP contribution in [0.4, 0.5) is 0 Å². The van der Waals surface area contributed by atoms with Gasteiger partial charge in [0.25, 0.3) is 0 Å². The van der Waals surface area contributed by atoms with Crippen molar-refractivity contribution in [1.82, 2.24) is 0 Å². The van der Waals surface area contributed by atoms with Crippen LogP contribution in [0.25, 0.3) is 0 Å². The van der Waals surface area contributed by atoms with Gasteiger partial charge < -0.3 is 14.2 Å². The third-order valence-electron chi connectivity index (χ3n) is 3.94. The molecule has 0 aromatic rings. The molecule has 78 valence electrons. The first-order valence-corrected chi connectivity index (χ1v) is 5.24. The zero-order chi connectivity index (χ0) is 9.71. The minimum Gasteiger partial charge on any atom is -0.355 e. The molecule has 3 aliphatic rings.